The first-order chi connectivity index (χ1) is 13.3. The number of rotatable bonds is 23. The van der Waals surface area contributed by atoms with Gasteiger partial charge in [-0.2, -0.15) is 0 Å². The molecule has 0 aromatic carbocycles. The van der Waals surface area contributed by atoms with Crippen LogP contribution >= 0.6 is 0 Å². The van der Waals surface area contributed by atoms with E-state index in [1.165, 1.54) is 0 Å². The van der Waals surface area contributed by atoms with E-state index in [2.05, 4.69) is 12.2 Å². The normalized spacial score (nSPS) is 11.1. The lowest BCUT2D eigenvalue weighted by atomic mass is 10.5. The second kappa shape index (κ2) is 23.2. The molecule has 0 radical (unpaired) electrons. The summed E-state index contributed by atoms with van der Waals surface area (Å²) in [6.07, 6.45) is 1.15. The lowest BCUT2D eigenvalue weighted by Gasteiger charge is -2.08. The molecule has 0 aromatic rings. The maximum Gasteiger partial charge on any atom is 0.305 e. The third-order valence-corrected chi connectivity index (χ3v) is 3.17. The van der Waals surface area contributed by atoms with Crippen molar-refractivity contribution in [3.63, 3.8) is 0 Å². The Labute approximate surface area is 162 Å². The van der Waals surface area contributed by atoms with Gasteiger partial charge in [-0.05, 0) is 13.0 Å². The fraction of sp³-hybridized carbons (Fsp3) is 0.944. The van der Waals surface area contributed by atoms with Crippen LogP contribution in [0.25, 0.3) is 0 Å². The third-order valence-electron chi connectivity index (χ3n) is 3.17. The Morgan fingerprint density at radius 1 is 0.630 bits per heavy atom. The molecule has 0 saturated carbocycles. The number of nitrogens with one attached hydrogen (secondary N) is 1. The number of ether oxygens (including phenoxy) is 6. The van der Waals surface area contributed by atoms with E-state index in [9.17, 15) is 4.79 Å². The summed E-state index contributed by atoms with van der Waals surface area (Å²) in [6, 6.07) is 0. The van der Waals surface area contributed by atoms with Crippen molar-refractivity contribution in [3.8, 4) is 0 Å². The van der Waals surface area contributed by atoms with E-state index in [0.717, 1.165) is 19.5 Å². The molecule has 27 heavy (non-hydrogen) atoms. The molecule has 2 N–H and O–H groups in total. The second-order valence-electron chi connectivity index (χ2n) is 5.57. The van der Waals surface area contributed by atoms with Gasteiger partial charge in [0.15, 0.2) is 0 Å². The van der Waals surface area contributed by atoms with Crippen LogP contribution in [0, 0.1) is 0 Å². The molecule has 0 amide bonds. The zero-order chi connectivity index (χ0) is 19.8. The topological polar surface area (TPSA) is 105 Å². The van der Waals surface area contributed by atoms with Gasteiger partial charge < -0.3 is 38.8 Å². The van der Waals surface area contributed by atoms with E-state index in [1.807, 2.05) is 0 Å². The van der Waals surface area contributed by atoms with Gasteiger partial charge in [0.1, 0.15) is 0 Å². The molecule has 0 rings (SSSR count). The maximum atomic E-state index is 10.3. The van der Waals surface area contributed by atoms with Gasteiger partial charge in [0.2, 0.25) is 0 Å². The predicted molar refractivity (Wildman–Crippen MR) is 100 cm³/mol. The van der Waals surface area contributed by atoms with E-state index in [1.54, 1.807) is 0 Å². The van der Waals surface area contributed by atoms with Gasteiger partial charge in [-0.3, -0.25) is 4.79 Å². The van der Waals surface area contributed by atoms with Crippen LogP contribution in [0.4, 0.5) is 0 Å². The van der Waals surface area contributed by atoms with Gasteiger partial charge in [0.25, 0.3) is 0 Å². The highest BCUT2D eigenvalue weighted by atomic mass is 16.6. The summed E-state index contributed by atoms with van der Waals surface area (Å²) in [7, 11) is 0. The summed E-state index contributed by atoms with van der Waals surface area (Å²) in [5, 5.41) is 11.7. The molecule has 9 heteroatoms. The molecule has 0 heterocycles. The number of carboxylic acid groups (broad SMARTS) is 1. The molecule has 0 aliphatic heterocycles. The molecule has 0 aliphatic rings. The van der Waals surface area contributed by atoms with E-state index in [-0.39, 0.29) is 13.0 Å². The molecule has 162 valence electrons. The van der Waals surface area contributed by atoms with Gasteiger partial charge in [0.05, 0.1) is 85.7 Å². The van der Waals surface area contributed by atoms with Crippen LogP contribution in [0.2, 0.25) is 0 Å². The van der Waals surface area contributed by atoms with Crippen molar-refractivity contribution >= 4 is 5.97 Å². The van der Waals surface area contributed by atoms with Crippen molar-refractivity contribution in [1.29, 1.82) is 0 Å². The first kappa shape index (κ1) is 26.2. The van der Waals surface area contributed by atoms with E-state index < -0.39 is 5.97 Å². The average molecular weight is 395 g/mol. The van der Waals surface area contributed by atoms with Gasteiger partial charge in [-0.25, -0.2) is 0 Å². The fourth-order valence-corrected chi connectivity index (χ4v) is 1.81. The highest BCUT2D eigenvalue weighted by molar-refractivity contribution is 5.66. The monoisotopic (exact) mass is 395 g/mol. The van der Waals surface area contributed by atoms with Crippen molar-refractivity contribution in [1.82, 2.24) is 5.32 Å². The SMILES string of the molecule is CCCNCCOCCOCCOCCOCCOCCOCCC(=O)O. The zero-order valence-electron chi connectivity index (χ0n) is 16.6. The maximum absolute atomic E-state index is 10.3. The fourth-order valence-electron chi connectivity index (χ4n) is 1.81. The third kappa shape index (κ3) is 25.2. The lowest BCUT2D eigenvalue weighted by Crippen LogP contribution is -2.21. The van der Waals surface area contributed by atoms with Crippen molar-refractivity contribution in [2.24, 2.45) is 0 Å². The molecule has 9 nitrogen and oxygen atoms in total. The first-order valence-corrected chi connectivity index (χ1v) is 9.66. The number of hydrogen-bond donors (Lipinski definition) is 2. The molecule has 0 spiro atoms. The van der Waals surface area contributed by atoms with Crippen molar-refractivity contribution in [2.45, 2.75) is 19.8 Å². The summed E-state index contributed by atoms with van der Waals surface area (Å²) >= 11 is 0. The summed E-state index contributed by atoms with van der Waals surface area (Å²) in [6.45, 7) is 10.00. The molecule has 0 atom stereocenters. The standard InChI is InChI=1S/C18H37NO8/c1-2-4-19-5-7-23-9-11-25-13-15-27-17-16-26-14-12-24-10-8-22-6-3-18(20)21/h19H,2-17H2,1H3,(H,20,21). The molecule has 0 fully saturated rings. The summed E-state index contributed by atoms with van der Waals surface area (Å²) in [4.78, 5) is 10.3. The number of carboxylic acids is 1. The minimum Gasteiger partial charge on any atom is -0.481 e. The van der Waals surface area contributed by atoms with E-state index in [4.69, 9.17) is 33.5 Å². The number of aliphatic carboxylic acids is 1. The highest BCUT2D eigenvalue weighted by Gasteiger charge is 1.96. The summed E-state index contributed by atoms with van der Waals surface area (Å²) < 4.78 is 31.9. The van der Waals surface area contributed by atoms with Gasteiger partial charge in [0, 0.05) is 6.54 Å². The van der Waals surface area contributed by atoms with Crippen LogP contribution in [0.5, 0.6) is 0 Å². The van der Waals surface area contributed by atoms with Crippen molar-refractivity contribution < 1.29 is 38.3 Å². The Hall–Kier alpha value is -0.810. The van der Waals surface area contributed by atoms with Gasteiger partial charge in [-0.15, -0.1) is 0 Å². The van der Waals surface area contributed by atoms with Crippen LogP contribution in [0.15, 0.2) is 0 Å². The molecule has 0 bridgehead atoms. The summed E-state index contributed by atoms with van der Waals surface area (Å²) in [5.41, 5.74) is 0. The number of carbonyl (C=O) groups is 1. The highest BCUT2D eigenvalue weighted by Crippen LogP contribution is 1.86. The molecular formula is C18H37NO8. The van der Waals surface area contributed by atoms with E-state index in [0.29, 0.717) is 72.7 Å². The Balaban J connectivity index is 2.98. The minimum absolute atomic E-state index is 0.0127. The van der Waals surface area contributed by atoms with Gasteiger partial charge >= 0.3 is 5.97 Å². The second-order valence-corrected chi connectivity index (χ2v) is 5.57. The van der Waals surface area contributed by atoms with Crippen LogP contribution in [0.3, 0.4) is 0 Å². The summed E-state index contributed by atoms with van der Waals surface area (Å²) in [5.74, 6) is -0.863. The lowest BCUT2D eigenvalue weighted by molar-refractivity contribution is -0.138. The Morgan fingerprint density at radius 3 is 1.37 bits per heavy atom. The molecular weight excluding hydrogens is 358 g/mol. The first-order valence-electron chi connectivity index (χ1n) is 9.66. The largest absolute Gasteiger partial charge is 0.481 e. The molecule has 0 aliphatic carbocycles. The quantitative estimate of drug-likeness (QED) is 0.240. The molecule has 0 unspecified atom stereocenters. The van der Waals surface area contributed by atoms with Crippen molar-refractivity contribution in [2.75, 3.05) is 92.4 Å². The number of hydrogen-bond acceptors (Lipinski definition) is 8. The van der Waals surface area contributed by atoms with E-state index >= 15 is 0 Å². The van der Waals surface area contributed by atoms with Crippen molar-refractivity contribution in [3.05, 3.63) is 0 Å². The molecule has 0 saturated heterocycles. The minimum atomic E-state index is -0.863. The Morgan fingerprint density at radius 2 is 1.00 bits per heavy atom. The smallest absolute Gasteiger partial charge is 0.305 e. The Bertz CT molecular complexity index is 307. The van der Waals surface area contributed by atoms with Crippen LogP contribution in [-0.4, -0.2) is 103 Å². The average Bonchev–Trinajstić information content (AvgIpc) is 2.65. The Kier molecular flexibility index (Phi) is 22.5. The van der Waals surface area contributed by atoms with Crippen LogP contribution in [-0.2, 0) is 33.2 Å². The van der Waals surface area contributed by atoms with Crippen LogP contribution in [0.1, 0.15) is 19.8 Å². The molecule has 0 aromatic heterocycles. The van der Waals surface area contributed by atoms with Gasteiger partial charge in [-0.1, -0.05) is 6.92 Å². The zero-order valence-corrected chi connectivity index (χ0v) is 16.6. The van der Waals surface area contributed by atoms with Crippen LogP contribution < -0.4 is 5.32 Å². The predicted octanol–water partition coefficient (Wildman–Crippen LogP) is 0.560.